The minimum Gasteiger partial charge on any atom is -0.352 e. The topological polar surface area (TPSA) is 87.5 Å². The molecule has 2 saturated heterocycles. The van der Waals surface area contributed by atoms with Crippen LogP contribution in [0.25, 0.3) is 0 Å². The zero-order valence-corrected chi connectivity index (χ0v) is 15.3. The summed E-state index contributed by atoms with van der Waals surface area (Å²) in [5.74, 6) is 0.105. The zero-order chi connectivity index (χ0) is 17.1. The summed E-state index contributed by atoms with van der Waals surface area (Å²) in [6.07, 6.45) is 3.39. The number of urea groups is 1. The number of amides is 3. The molecule has 6 nitrogen and oxygen atoms in total. The number of hydrogen-bond acceptors (Lipinski definition) is 3. The van der Waals surface area contributed by atoms with Crippen LogP contribution >= 0.6 is 12.4 Å². The van der Waals surface area contributed by atoms with Crippen molar-refractivity contribution < 1.29 is 9.59 Å². The molecule has 0 spiro atoms. The number of nitrogens with one attached hydrogen (secondary N) is 2. The molecule has 1 aromatic rings. The Balaban J connectivity index is 0.00000225. The first-order valence-electron chi connectivity index (χ1n) is 8.69. The number of nitrogens with two attached hydrogens (primary N) is 1. The Morgan fingerprint density at radius 2 is 2.00 bits per heavy atom. The second kappa shape index (κ2) is 8.54. The first-order valence-corrected chi connectivity index (χ1v) is 8.69. The Kier molecular flexibility index (Phi) is 6.67. The molecule has 3 atom stereocenters. The molecule has 0 aliphatic carbocycles. The third-order valence-electron chi connectivity index (χ3n) is 5.20. The van der Waals surface area contributed by atoms with Crippen molar-refractivity contribution in [1.82, 2.24) is 15.5 Å². The van der Waals surface area contributed by atoms with E-state index < -0.39 is 6.03 Å². The van der Waals surface area contributed by atoms with E-state index in [4.69, 9.17) is 5.73 Å². The lowest BCUT2D eigenvalue weighted by Crippen LogP contribution is -2.44. The van der Waals surface area contributed by atoms with Crippen LogP contribution in [0.2, 0.25) is 0 Å². The van der Waals surface area contributed by atoms with E-state index in [2.05, 4.69) is 10.6 Å². The van der Waals surface area contributed by atoms with E-state index in [1.54, 1.807) is 0 Å². The Bertz CT molecular complexity index is 611. The molecule has 1 aromatic carbocycles. The maximum Gasteiger partial charge on any atom is 0.312 e. The summed E-state index contributed by atoms with van der Waals surface area (Å²) in [6.45, 7) is 3.81. The molecule has 138 valence electrons. The van der Waals surface area contributed by atoms with Crippen LogP contribution < -0.4 is 16.4 Å². The van der Waals surface area contributed by atoms with Crippen LogP contribution in [0.4, 0.5) is 4.79 Å². The lowest BCUT2D eigenvalue weighted by atomic mass is 9.98. The number of benzene rings is 1. The number of primary amides is 1. The molecule has 0 aromatic heterocycles. The Morgan fingerprint density at radius 3 is 2.72 bits per heavy atom. The number of aryl methyl sites for hydroxylation is 1. The first kappa shape index (κ1) is 19.5. The van der Waals surface area contributed by atoms with Crippen LogP contribution in [-0.4, -0.2) is 42.0 Å². The van der Waals surface area contributed by atoms with Crippen molar-refractivity contribution in [3.05, 3.63) is 35.4 Å². The van der Waals surface area contributed by atoms with E-state index in [-0.39, 0.29) is 36.8 Å². The molecule has 2 aliphatic rings. The highest BCUT2D eigenvalue weighted by Gasteiger charge is 2.38. The smallest absolute Gasteiger partial charge is 0.312 e. The summed E-state index contributed by atoms with van der Waals surface area (Å²) in [4.78, 5) is 26.5. The summed E-state index contributed by atoms with van der Waals surface area (Å²) in [5, 5.41) is 6.15. The highest BCUT2D eigenvalue weighted by atomic mass is 35.5. The van der Waals surface area contributed by atoms with E-state index in [0.29, 0.717) is 6.04 Å². The molecule has 25 heavy (non-hydrogen) atoms. The standard InChI is InChI=1S/C18H26N4O2.ClH/c1-12-4-2-3-5-15(12)16(21-18(19)24)10-17(23)22-13-6-7-14(22)11-20-9-8-13;/h2-5,13-14,16,20H,6-11H2,1H3,(H3,19,21,24);1H. The van der Waals surface area contributed by atoms with Gasteiger partial charge in [0.15, 0.2) is 0 Å². The molecular formula is C18H27ClN4O2. The molecule has 7 heteroatoms. The van der Waals surface area contributed by atoms with Gasteiger partial charge in [-0.2, -0.15) is 0 Å². The van der Waals surface area contributed by atoms with Crippen LogP contribution in [0, 0.1) is 6.92 Å². The fourth-order valence-electron chi connectivity index (χ4n) is 4.06. The quantitative estimate of drug-likeness (QED) is 0.760. The molecule has 2 aliphatic heterocycles. The van der Waals surface area contributed by atoms with E-state index in [0.717, 1.165) is 43.5 Å². The van der Waals surface area contributed by atoms with Gasteiger partial charge < -0.3 is 21.3 Å². The summed E-state index contributed by atoms with van der Waals surface area (Å²) < 4.78 is 0. The van der Waals surface area contributed by atoms with Crippen molar-refractivity contribution in [2.24, 2.45) is 5.73 Å². The molecule has 2 bridgehead atoms. The van der Waals surface area contributed by atoms with Gasteiger partial charge in [0, 0.05) is 18.6 Å². The fraction of sp³-hybridized carbons (Fsp3) is 0.556. The van der Waals surface area contributed by atoms with Crippen molar-refractivity contribution in [2.75, 3.05) is 13.1 Å². The van der Waals surface area contributed by atoms with Crippen molar-refractivity contribution in [2.45, 2.75) is 50.7 Å². The van der Waals surface area contributed by atoms with Crippen molar-refractivity contribution >= 4 is 24.3 Å². The average Bonchev–Trinajstić information content (AvgIpc) is 2.79. The van der Waals surface area contributed by atoms with Crippen LogP contribution in [0.3, 0.4) is 0 Å². The zero-order valence-electron chi connectivity index (χ0n) is 14.5. The molecule has 3 amide bonds. The molecule has 4 N–H and O–H groups in total. The van der Waals surface area contributed by atoms with Gasteiger partial charge in [0.2, 0.25) is 5.91 Å². The molecule has 3 rings (SSSR count). The van der Waals surface area contributed by atoms with E-state index >= 15 is 0 Å². The molecule has 0 saturated carbocycles. The number of carbonyl (C=O) groups excluding carboxylic acids is 2. The SMILES string of the molecule is Cc1ccccc1C(CC(=O)N1C2CCNCC1CC2)NC(N)=O.Cl. The van der Waals surface area contributed by atoms with Crippen LogP contribution in [0.15, 0.2) is 24.3 Å². The molecule has 2 fully saturated rings. The number of fused-ring (bicyclic) bond motifs is 2. The summed E-state index contributed by atoms with van der Waals surface area (Å²) in [5.41, 5.74) is 7.34. The number of rotatable bonds is 4. The van der Waals surface area contributed by atoms with Crippen LogP contribution in [0.5, 0.6) is 0 Å². The summed E-state index contributed by atoms with van der Waals surface area (Å²) in [7, 11) is 0. The number of carbonyl (C=O) groups is 2. The van der Waals surface area contributed by atoms with Crippen molar-refractivity contribution in [3.63, 3.8) is 0 Å². The maximum absolute atomic E-state index is 13.0. The first-order chi connectivity index (χ1) is 11.6. The highest BCUT2D eigenvalue weighted by molar-refractivity contribution is 5.85. The third kappa shape index (κ3) is 4.44. The summed E-state index contributed by atoms with van der Waals surface area (Å²) in [6, 6.07) is 7.41. The summed E-state index contributed by atoms with van der Waals surface area (Å²) >= 11 is 0. The average molecular weight is 367 g/mol. The number of halogens is 1. The largest absolute Gasteiger partial charge is 0.352 e. The lowest BCUT2D eigenvalue weighted by molar-refractivity contribution is -0.134. The van der Waals surface area contributed by atoms with Gasteiger partial charge in [-0.25, -0.2) is 4.79 Å². The minimum absolute atomic E-state index is 0. The van der Waals surface area contributed by atoms with Gasteiger partial charge in [0.1, 0.15) is 0 Å². The Labute approximate surface area is 154 Å². The van der Waals surface area contributed by atoms with Gasteiger partial charge in [-0.3, -0.25) is 4.79 Å². The van der Waals surface area contributed by atoms with E-state index in [1.165, 1.54) is 0 Å². The van der Waals surface area contributed by atoms with Crippen LogP contribution in [0.1, 0.15) is 42.9 Å². The number of nitrogens with zero attached hydrogens (tertiary/aromatic N) is 1. The van der Waals surface area contributed by atoms with Crippen LogP contribution in [-0.2, 0) is 4.79 Å². The maximum atomic E-state index is 13.0. The second-order valence-corrected chi connectivity index (χ2v) is 6.80. The predicted molar refractivity (Wildman–Crippen MR) is 99.6 cm³/mol. The highest BCUT2D eigenvalue weighted by Crippen LogP contribution is 2.30. The lowest BCUT2D eigenvalue weighted by Gasteiger charge is -2.30. The molecule has 0 radical (unpaired) electrons. The molecular weight excluding hydrogens is 340 g/mol. The predicted octanol–water partition coefficient (Wildman–Crippen LogP) is 1.87. The Hall–Kier alpha value is -1.79. The van der Waals surface area contributed by atoms with Gasteiger partial charge in [-0.1, -0.05) is 24.3 Å². The minimum atomic E-state index is -0.600. The number of hydrogen-bond donors (Lipinski definition) is 3. The normalized spacial score (nSPS) is 23.3. The van der Waals surface area contributed by atoms with Gasteiger partial charge >= 0.3 is 6.03 Å². The van der Waals surface area contributed by atoms with Gasteiger partial charge in [0.05, 0.1) is 12.5 Å². The Morgan fingerprint density at radius 1 is 1.28 bits per heavy atom. The van der Waals surface area contributed by atoms with Crippen molar-refractivity contribution in [3.8, 4) is 0 Å². The monoisotopic (exact) mass is 366 g/mol. The second-order valence-electron chi connectivity index (χ2n) is 6.80. The van der Waals surface area contributed by atoms with E-state index in [1.807, 2.05) is 36.1 Å². The van der Waals surface area contributed by atoms with Gasteiger partial charge in [-0.15, -0.1) is 12.4 Å². The molecule has 2 heterocycles. The van der Waals surface area contributed by atoms with Crippen molar-refractivity contribution in [1.29, 1.82) is 0 Å². The molecule has 3 unspecified atom stereocenters. The van der Waals surface area contributed by atoms with Gasteiger partial charge in [-0.05, 0) is 43.9 Å². The van der Waals surface area contributed by atoms with E-state index in [9.17, 15) is 9.59 Å². The fourth-order valence-corrected chi connectivity index (χ4v) is 4.06. The van der Waals surface area contributed by atoms with Gasteiger partial charge in [0.25, 0.3) is 0 Å². The third-order valence-corrected chi connectivity index (χ3v) is 5.20.